The number of nitrogens with one attached hydrogen (secondary N) is 1. The molecular formula is C17H32N2S. The monoisotopic (exact) mass is 296 g/mol. The maximum Gasteiger partial charge on any atom is 0.110 e. The molecule has 1 atom stereocenters. The summed E-state index contributed by atoms with van der Waals surface area (Å²) in [5.41, 5.74) is 1.15. The molecule has 1 rings (SSSR count). The lowest BCUT2D eigenvalue weighted by atomic mass is 10.0. The lowest BCUT2D eigenvalue weighted by Crippen LogP contribution is -2.31. The Hall–Kier alpha value is -0.410. The van der Waals surface area contributed by atoms with Crippen LogP contribution in [0.15, 0.2) is 5.38 Å². The van der Waals surface area contributed by atoms with E-state index >= 15 is 0 Å². The van der Waals surface area contributed by atoms with E-state index in [0.29, 0.717) is 12.1 Å². The largest absolute Gasteiger partial charge is 0.305 e. The molecule has 0 aliphatic rings. The van der Waals surface area contributed by atoms with Crippen molar-refractivity contribution in [2.24, 2.45) is 0 Å². The quantitative estimate of drug-likeness (QED) is 0.535. The van der Waals surface area contributed by atoms with Gasteiger partial charge in [-0.2, -0.15) is 0 Å². The molecule has 1 heterocycles. The van der Waals surface area contributed by atoms with Crippen molar-refractivity contribution in [1.29, 1.82) is 0 Å². The molecule has 116 valence electrons. The second kappa shape index (κ2) is 10.3. The first-order valence-electron chi connectivity index (χ1n) is 8.35. The Bertz CT molecular complexity index is 339. The molecule has 0 aliphatic carbocycles. The summed E-state index contributed by atoms with van der Waals surface area (Å²) in [6.45, 7) is 8.89. The molecule has 0 fully saturated rings. The molecule has 0 bridgehead atoms. The maximum absolute atomic E-state index is 4.61. The molecule has 1 aromatic rings. The van der Waals surface area contributed by atoms with Gasteiger partial charge in [0, 0.05) is 17.1 Å². The van der Waals surface area contributed by atoms with Crippen LogP contribution in [0.3, 0.4) is 0 Å². The van der Waals surface area contributed by atoms with Gasteiger partial charge in [-0.15, -0.1) is 11.3 Å². The highest BCUT2D eigenvalue weighted by atomic mass is 32.1. The van der Waals surface area contributed by atoms with Crippen LogP contribution >= 0.6 is 11.3 Å². The van der Waals surface area contributed by atoms with Crippen LogP contribution in [0.4, 0.5) is 0 Å². The molecule has 0 spiro atoms. The van der Waals surface area contributed by atoms with E-state index in [4.69, 9.17) is 0 Å². The van der Waals surface area contributed by atoms with Crippen molar-refractivity contribution in [3.63, 3.8) is 0 Å². The van der Waals surface area contributed by atoms with E-state index in [9.17, 15) is 0 Å². The second-order valence-electron chi connectivity index (χ2n) is 5.90. The van der Waals surface area contributed by atoms with Crippen molar-refractivity contribution in [2.75, 3.05) is 0 Å². The Morgan fingerprint density at radius 3 is 2.15 bits per heavy atom. The fourth-order valence-corrected chi connectivity index (χ4v) is 3.40. The van der Waals surface area contributed by atoms with Crippen LogP contribution in [0.25, 0.3) is 0 Å². The number of unbranched alkanes of at least 4 members (excludes halogenated alkanes) is 4. The van der Waals surface area contributed by atoms with E-state index in [-0.39, 0.29) is 0 Å². The van der Waals surface area contributed by atoms with Gasteiger partial charge in [-0.05, 0) is 26.7 Å². The second-order valence-corrected chi connectivity index (χ2v) is 6.79. The summed E-state index contributed by atoms with van der Waals surface area (Å²) in [7, 11) is 0. The molecule has 0 saturated heterocycles. The highest BCUT2D eigenvalue weighted by Gasteiger charge is 2.15. The predicted octanol–water partition coefficient (Wildman–Crippen LogP) is 5.63. The van der Waals surface area contributed by atoms with Gasteiger partial charge >= 0.3 is 0 Å². The number of nitrogens with zero attached hydrogens (tertiary/aromatic N) is 1. The lowest BCUT2D eigenvalue weighted by molar-refractivity contribution is 0.383. The zero-order chi connectivity index (χ0) is 14.8. The van der Waals surface area contributed by atoms with Gasteiger partial charge < -0.3 is 5.32 Å². The molecule has 1 unspecified atom stereocenters. The third-order valence-electron chi connectivity index (χ3n) is 3.81. The number of thiazole rings is 1. The van der Waals surface area contributed by atoms with Gasteiger partial charge in [-0.25, -0.2) is 4.98 Å². The molecule has 1 N–H and O–H groups in total. The summed E-state index contributed by atoms with van der Waals surface area (Å²) >= 11 is 1.78. The number of hydrogen-bond donors (Lipinski definition) is 1. The molecule has 3 heteroatoms. The van der Waals surface area contributed by atoms with E-state index < -0.39 is 0 Å². The SMILES string of the molecule is CCCCCC(CCCCC)NC(C)c1nc(C)cs1. The van der Waals surface area contributed by atoms with E-state index in [1.54, 1.807) is 11.3 Å². The van der Waals surface area contributed by atoms with Crippen molar-refractivity contribution in [1.82, 2.24) is 10.3 Å². The molecule has 0 aliphatic heterocycles. The maximum atomic E-state index is 4.61. The van der Waals surface area contributed by atoms with Crippen LogP contribution in [0.1, 0.15) is 88.9 Å². The molecule has 0 saturated carbocycles. The van der Waals surface area contributed by atoms with E-state index in [0.717, 1.165) is 5.69 Å². The summed E-state index contributed by atoms with van der Waals surface area (Å²) in [6.07, 6.45) is 10.7. The highest BCUT2D eigenvalue weighted by molar-refractivity contribution is 7.09. The van der Waals surface area contributed by atoms with Gasteiger partial charge in [-0.3, -0.25) is 0 Å². The summed E-state index contributed by atoms with van der Waals surface area (Å²) < 4.78 is 0. The van der Waals surface area contributed by atoms with Crippen molar-refractivity contribution in [3.05, 3.63) is 16.1 Å². The minimum Gasteiger partial charge on any atom is -0.305 e. The Morgan fingerprint density at radius 1 is 1.10 bits per heavy atom. The standard InChI is InChI=1S/C17H32N2S/c1-5-7-9-11-16(12-10-8-6-2)19-15(4)17-18-14(3)13-20-17/h13,15-16,19H,5-12H2,1-4H3. The Balaban J connectivity index is 2.44. The minimum absolute atomic E-state index is 0.391. The van der Waals surface area contributed by atoms with Gasteiger partial charge in [0.15, 0.2) is 0 Å². The summed E-state index contributed by atoms with van der Waals surface area (Å²) in [5, 5.41) is 7.20. The van der Waals surface area contributed by atoms with Crippen molar-refractivity contribution >= 4 is 11.3 Å². The molecular weight excluding hydrogens is 264 g/mol. The minimum atomic E-state index is 0.391. The molecule has 2 nitrogen and oxygen atoms in total. The van der Waals surface area contributed by atoms with Gasteiger partial charge in [0.05, 0.1) is 6.04 Å². The van der Waals surface area contributed by atoms with Crippen molar-refractivity contribution in [3.8, 4) is 0 Å². The molecule has 1 aromatic heterocycles. The molecule has 20 heavy (non-hydrogen) atoms. The van der Waals surface area contributed by atoms with Crippen molar-refractivity contribution < 1.29 is 0 Å². The van der Waals surface area contributed by atoms with Crippen LogP contribution in [0.5, 0.6) is 0 Å². The Morgan fingerprint density at radius 2 is 1.70 bits per heavy atom. The molecule has 0 radical (unpaired) electrons. The average molecular weight is 297 g/mol. The van der Waals surface area contributed by atoms with Gasteiger partial charge in [0.2, 0.25) is 0 Å². The van der Waals surface area contributed by atoms with Crippen LogP contribution < -0.4 is 5.32 Å². The molecule has 0 amide bonds. The average Bonchev–Trinajstić information content (AvgIpc) is 2.86. The van der Waals surface area contributed by atoms with Gasteiger partial charge in [0.1, 0.15) is 5.01 Å². The fourth-order valence-electron chi connectivity index (χ4n) is 2.59. The van der Waals surface area contributed by atoms with Crippen LogP contribution in [-0.4, -0.2) is 11.0 Å². The Labute approximate surface area is 129 Å². The summed E-state index contributed by atoms with van der Waals surface area (Å²) in [4.78, 5) is 4.61. The smallest absolute Gasteiger partial charge is 0.110 e. The third-order valence-corrected chi connectivity index (χ3v) is 4.95. The highest BCUT2D eigenvalue weighted by Crippen LogP contribution is 2.20. The number of hydrogen-bond acceptors (Lipinski definition) is 3. The van der Waals surface area contributed by atoms with E-state index in [2.05, 4.69) is 43.4 Å². The van der Waals surface area contributed by atoms with Crippen LogP contribution in [0, 0.1) is 6.92 Å². The van der Waals surface area contributed by atoms with E-state index in [1.807, 2.05) is 0 Å². The summed E-state index contributed by atoms with van der Waals surface area (Å²) in [5.74, 6) is 0. The first-order chi connectivity index (χ1) is 9.67. The van der Waals surface area contributed by atoms with Gasteiger partial charge in [-0.1, -0.05) is 52.4 Å². The number of aryl methyl sites for hydroxylation is 1. The fraction of sp³-hybridized carbons (Fsp3) is 0.824. The van der Waals surface area contributed by atoms with Gasteiger partial charge in [0.25, 0.3) is 0 Å². The van der Waals surface area contributed by atoms with Crippen LogP contribution in [0.2, 0.25) is 0 Å². The van der Waals surface area contributed by atoms with Crippen LogP contribution in [-0.2, 0) is 0 Å². The van der Waals surface area contributed by atoms with Crippen molar-refractivity contribution in [2.45, 2.75) is 91.1 Å². The first kappa shape index (κ1) is 17.6. The predicted molar refractivity (Wildman–Crippen MR) is 90.5 cm³/mol. The number of aromatic nitrogens is 1. The molecule has 0 aromatic carbocycles. The van der Waals surface area contributed by atoms with E-state index in [1.165, 1.54) is 56.4 Å². The Kier molecular flexibility index (Phi) is 9.12. The lowest BCUT2D eigenvalue weighted by Gasteiger charge is -2.22. The summed E-state index contributed by atoms with van der Waals surface area (Å²) in [6, 6.07) is 1.05. The zero-order valence-corrected chi connectivity index (χ0v) is 14.6. The third kappa shape index (κ3) is 6.85. The zero-order valence-electron chi connectivity index (χ0n) is 13.7. The topological polar surface area (TPSA) is 24.9 Å². The normalized spacial score (nSPS) is 13.1. The number of rotatable bonds is 11. The first-order valence-corrected chi connectivity index (χ1v) is 9.23.